The van der Waals surface area contributed by atoms with E-state index in [0.717, 1.165) is 16.1 Å². The van der Waals surface area contributed by atoms with Crippen LogP contribution >= 0.6 is 11.3 Å². The molecule has 140 valence electrons. The van der Waals surface area contributed by atoms with Gasteiger partial charge in [0.1, 0.15) is 21.4 Å². The molecule has 0 aliphatic rings. The van der Waals surface area contributed by atoms with Crippen LogP contribution in [-0.4, -0.2) is 25.1 Å². The molecule has 0 saturated heterocycles. The zero-order chi connectivity index (χ0) is 19.6. The van der Waals surface area contributed by atoms with Crippen molar-refractivity contribution in [2.75, 3.05) is 19.5 Å². The molecule has 0 spiro atoms. The molecule has 1 heterocycles. The minimum absolute atomic E-state index is 0.215. The second-order valence-electron chi connectivity index (χ2n) is 6.27. The maximum atomic E-state index is 12.8. The Morgan fingerprint density at radius 3 is 2.48 bits per heavy atom. The first-order chi connectivity index (χ1) is 12.9. The lowest BCUT2D eigenvalue weighted by atomic mass is 10.1. The van der Waals surface area contributed by atoms with Crippen molar-refractivity contribution in [2.45, 2.75) is 20.8 Å². The molecule has 1 N–H and O–H groups in total. The Kier molecular flexibility index (Phi) is 5.46. The number of anilines is 1. The van der Waals surface area contributed by atoms with Crippen molar-refractivity contribution in [2.24, 2.45) is 0 Å². The van der Waals surface area contributed by atoms with E-state index in [-0.39, 0.29) is 5.91 Å². The van der Waals surface area contributed by atoms with Gasteiger partial charge in [-0.25, -0.2) is 4.98 Å². The predicted molar refractivity (Wildman–Crippen MR) is 109 cm³/mol. The molecular formula is C21H22N2O3S. The van der Waals surface area contributed by atoms with Gasteiger partial charge in [0.2, 0.25) is 0 Å². The maximum Gasteiger partial charge on any atom is 0.267 e. The van der Waals surface area contributed by atoms with Gasteiger partial charge in [-0.15, -0.1) is 11.3 Å². The van der Waals surface area contributed by atoms with Crippen LogP contribution in [0, 0.1) is 20.8 Å². The summed E-state index contributed by atoms with van der Waals surface area (Å²) in [6.45, 7) is 5.96. The number of nitrogens with zero attached hydrogens (tertiary/aromatic N) is 1. The van der Waals surface area contributed by atoms with E-state index in [1.807, 2.05) is 6.92 Å². The lowest BCUT2D eigenvalue weighted by Gasteiger charge is -2.11. The van der Waals surface area contributed by atoms with Crippen LogP contribution in [0.2, 0.25) is 0 Å². The van der Waals surface area contributed by atoms with Crippen LogP contribution in [0.25, 0.3) is 10.6 Å². The number of benzene rings is 2. The highest BCUT2D eigenvalue weighted by Crippen LogP contribution is 2.33. The Morgan fingerprint density at radius 2 is 1.81 bits per heavy atom. The largest absolute Gasteiger partial charge is 0.497 e. The first-order valence-corrected chi connectivity index (χ1v) is 9.33. The highest BCUT2D eigenvalue weighted by atomic mass is 32.1. The van der Waals surface area contributed by atoms with E-state index in [4.69, 9.17) is 9.47 Å². The zero-order valence-corrected chi connectivity index (χ0v) is 16.9. The summed E-state index contributed by atoms with van der Waals surface area (Å²) in [6.07, 6.45) is 0. The molecule has 0 saturated carbocycles. The Labute approximate surface area is 163 Å². The van der Waals surface area contributed by atoms with Crippen LogP contribution in [0.1, 0.15) is 26.5 Å². The molecule has 3 rings (SSSR count). The number of hydrogen-bond acceptors (Lipinski definition) is 5. The third-order valence-corrected chi connectivity index (χ3v) is 5.46. The van der Waals surface area contributed by atoms with Gasteiger partial charge in [0.25, 0.3) is 5.91 Å². The molecule has 3 aromatic rings. The topological polar surface area (TPSA) is 60.5 Å². The van der Waals surface area contributed by atoms with E-state index >= 15 is 0 Å². The summed E-state index contributed by atoms with van der Waals surface area (Å²) in [5.41, 5.74) is 4.65. The number of amides is 1. The van der Waals surface area contributed by atoms with Crippen molar-refractivity contribution < 1.29 is 14.3 Å². The van der Waals surface area contributed by atoms with Crippen LogP contribution in [0.5, 0.6) is 11.5 Å². The first-order valence-electron chi connectivity index (χ1n) is 8.51. The van der Waals surface area contributed by atoms with Crippen molar-refractivity contribution in [3.8, 4) is 22.1 Å². The molecule has 5 nitrogen and oxygen atoms in total. The number of aromatic nitrogens is 1. The number of nitrogens with one attached hydrogen (secondary N) is 1. The zero-order valence-electron chi connectivity index (χ0n) is 16.0. The lowest BCUT2D eigenvalue weighted by molar-refractivity contribution is 0.102. The Balaban J connectivity index is 1.91. The molecule has 0 aliphatic heterocycles. The fourth-order valence-electron chi connectivity index (χ4n) is 2.87. The Hall–Kier alpha value is -2.86. The van der Waals surface area contributed by atoms with Crippen LogP contribution in [0.4, 0.5) is 5.69 Å². The lowest BCUT2D eigenvalue weighted by Crippen LogP contribution is -2.12. The average molecular weight is 382 g/mol. The molecule has 0 fully saturated rings. The molecule has 0 bridgehead atoms. The quantitative estimate of drug-likeness (QED) is 0.674. The molecule has 0 aliphatic carbocycles. The molecule has 0 radical (unpaired) electrons. The van der Waals surface area contributed by atoms with Gasteiger partial charge in [0, 0.05) is 11.6 Å². The van der Waals surface area contributed by atoms with Gasteiger partial charge >= 0.3 is 0 Å². The Bertz CT molecular complexity index is 995. The van der Waals surface area contributed by atoms with E-state index < -0.39 is 0 Å². The average Bonchev–Trinajstić information content (AvgIpc) is 3.03. The first kappa shape index (κ1) is 18.9. The summed E-state index contributed by atoms with van der Waals surface area (Å²) in [7, 11) is 3.14. The van der Waals surface area contributed by atoms with Gasteiger partial charge in [-0.2, -0.15) is 0 Å². The van der Waals surface area contributed by atoms with Gasteiger partial charge in [-0.05, 0) is 38.5 Å². The summed E-state index contributed by atoms with van der Waals surface area (Å²) in [6, 6.07) is 11.5. The molecule has 6 heteroatoms. The second kappa shape index (κ2) is 7.80. The van der Waals surface area contributed by atoms with Crippen molar-refractivity contribution >= 4 is 22.9 Å². The van der Waals surface area contributed by atoms with Crippen LogP contribution in [-0.2, 0) is 0 Å². The minimum atomic E-state index is -0.215. The highest BCUT2D eigenvalue weighted by Gasteiger charge is 2.19. The number of thiazole rings is 1. The number of methoxy groups -OCH3 is 2. The van der Waals surface area contributed by atoms with Crippen molar-refractivity contribution in [3.63, 3.8) is 0 Å². The maximum absolute atomic E-state index is 12.8. The number of ether oxygens (including phenoxy) is 2. The third-order valence-electron chi connectivity index (χ3n) is 4.27. The van der Waals surface area contributed by atoms with E-state index in [2.05, 4.69) is 42.3 Å². The summed E-state index contributed by atoms with van der Waals surface area (Å²) in [4.78, 5) is 18.0. The SMILES string of the molecule is COc1ccc(OC)c(NC(=O)c2sc(-c3ccc(C)cc3C)nc2C)c1. The molecular weight excluding hydrogens is 360 g/mol. The summed E-state index contributed by atoms with van der Waals surface area (Å²) >= 11 is 1.39. The molecule has 1 amide bonds. The fourth-order valence-corrected chi connectivity index (χ4v) is 3.92. The highest BCUT2D eigenvalue weighted by molar-refractivity contribution is 7.17. The van der Waals surface area contributed by atoms with Crippen molar-refractivity contribution in [1.29, 1.82) is 0 Å². The minimum Gasteiger partial charge on any atom is -0.497 e. The summed E-state index contributed by atoms with van der Waals surface area (Å²) in [5.74, 6) is 0.997. The third kappa shape index (κ3) is 3.95. The number of hydrogen-bond donors (Lipinski definition) is 1. The molecule has 0 unspecified atom stereocenters. The van der Waals surface area contributed by atoms with Gasteiger partial charge < -0.3 is 14.8 Å². The molecule has 2 aromatic carbocycles. The van der Waals surface area contributed by atoms with Gasteiger partial charge in [-0.1, -0.05) is 23.8 Å². The van der Waals surface area contributed by atoms with Gasteiger partial charge in [-0.3, -0.25) is 4.79 Å². The smallest absolute Gasteiger partial charge is 0.267 e. The normalized spacial score (nSPS) is 10.6. The molecule has 1 aromatic heterocycles. The summed E-state index contributed by atoms with van der Waals surface area (Å²) < 4.78 is 10.6. The second-order valence-corrected chi connectivity index (χ2v) is 7.27. The van der Waals surface area contributed by atoms with E-state index in [1.54, 1.807) is 32.4 Å². The predicted octanol–water partition coefficient (Wildman–Crippen LogP) is 5.00. The molecule has 0 atom stereocenters. The summed E-state index contributed by atoms with van der Waals surface area (Å²) in [5, 5.41) is 3.75. The van der Waals surface area contributed by atoms with Crippen molar-refractivity contribution in [1.82, 2.24) is 4.98 Å². The van der Waals surface area contributed by atoms with E-state index in [9.17, 15) is 4.79 Å². The van der Waals surface area contributed by atoms with Gasteiger partial charge in [0.15, 0.2) is 0 Å². The monoisotopic (exact) mass is 382 g/mol. The van der Waals surface area contributed by atoms with Crippen LogP contribution in [0.3, 0.4) is 0 Å². The fraction of sp³-hybridized carbons (Fsp3) is 0.238. The van der Waals surface area contributed by atoms with Gasteiger partial charge in [0.05, 0.1) is 25.6 Å². The number of carbonyl (C=O) groups is 1. The number of aryl methyl sites for hydroxylation is 3. The van der Waals surface area contributed by atoms with Crippen LogP contribution in [0.15, 0.2) is 36.4 Å². The standard InChI is InChI=1S/C21H22N2O3S/c1-12-6-8-16(13(2)10-12)21-22-14(3)19(27-21)20(24)23-17-11-15(25-4)7-9-18(17)26-5/h6-11H,1-5H3,(H,23,24). The van der Waals surface area contributed by atoms with Crippen LogP contribution < -0.4 is 14.8 Å². The Morgan fingerprint density at radius 1 is 1.04 bits per heavy atom. The van der Waals surface area contributed by atoms with Crippen molar-refractivity contribution in [3.05, 3.63) is 58.1 Å². The van der Waals surface area contributed by atoms with E-state index in [1.165, 1.54) is 16.9 Å². The molecule has 27 heavy (non-hydrogen) atoms. The van der Waals surface area contributed by atoms with E-state index in [0.29, 0.717) is 27.8 Å². The number of rotatable bonds is 5. The number of carbonyl (C=O) groups excluding carboxylic acids is 1.